The first-order chi connectivity index (χ1) is 9.12. The average Bonchev–Trinajstić information content (AvgIpc) is 2.92. The van der Waals surface area contributed by atoms with Gasteiger partial charge in [0.15, 0.2) is 0 Å². The quantitative estimate of drug-likeness (QED) is 0.841. The molecule has 0 aliphatic rings. The van der Waals surface area contributed by atoms with Crippen molar-refractivity contribution in [3.8, 4) is 0 Å². The standard InChI is InChI=1S/C13H17N3O2S/c1-2-11-3-5-12(6-4-11)19(17,18)16-8-7-13-14-9-10-15-13/h3-6,9-10,16H,2,7-8H2,1H3,(H,14,15). The van der Waals surface area contributed by atoms with Crippen LogP contribution in [0.2, 0.25) is 0 Å². The molecule has 0 saturated heterocycles. The number of hydrogen-bond donors (Lipinski definition) is 2. The van der Waals surface area contributed by atoms with Gasteiger partial charge in [0, 0.05) is 25.4 Å². The summed E-state index contributed by atoms with van der Waals surface area (Å²) >= 11 is 0. The van der Waals surface area contributed by atoms with Gasteiger partial charge in [0.2, 0.25) is 10.0 Å². The molecule has 0 atom stereocenters. The summed E-state index contributed by atoms with van der Waals surface area (Å²) in [4.78, 5) is 7.27. The van der Waals surface area contributed by atoms with Crippen LogP contribution in [-0.4, -0.2) is 24.9 Å². The van der Waals surface area contributed by atoms with E-state index in [2.05, 4.69) is 14.7 Å². The fourth-order valence-corrected chi connectivity index (χ4v) is 2.76. The largest absolute Gasteiger partial charge is 0.349 e. The number of benzene rings is 1. The third-order valence-electron chi connectivity index (χ3n) is 2.85. The van der Waals surface area contributed by atoms with Gasteiger partial charge >= 0.3 is 0 Å². The summed E-state index contributed by atoms with van der Waals surface area (Å²) in [6.07, 6.45) is 4.80. The molecule has 1 aromatic heterocycles. The minimum atomic E-state index is -3.43. The average molecular weight is 279 g/mol. The number of rotatable bonds is 6. The molecular formula is C13H17N3O2S. The number of sulfonamides is 1. The van der Waals surface area contributed by atoms with Crippen LogP contribution in [0.3, 0.4) is 0 Å². The maximum absolute atomic E-state index is 12.0. The lowest BCUT2D eigenvalue weighted by atomic mass is 10.2. The van der Waals surface area contributed by atoms with E-state index >= 15 is 0 Å². The Hall–Kier alpha value is -1.66. The molecule has 0 amide bonds. The maximum atomic E-state index is 12.0. The number of hydrogen-bond acceptors (Lipinski definition) is 3. The molecule has 5 nitrogen and oxygen atoms in total. The van der Waals surface area contributed by atoms with Gasteiger partial charge in [0.25, 0.3) is 0 Å². The molecule has 2 aromatic rings. The van der Waals surface area contributed by atoms with Crippen LogP contribution < -0.4 is 4.72 Å². The van der Waals surface area contributed by atoms with E-state index in [1.165, 1.54) is 0 Å². The van der Waals surface area contributed by atoms with Crippen molar-refractivity contribution in [2.45, 2.75) is 24.7 Å². The van der Waals surface area contributed by atoms with Crippen molar-refractivity contribution in [1.82, 2.24) is 14.7 Å². The van der Waals surface area contributed by atoms with Crippen molar-refractivity contribution >= 4 is 10.0 Å². The van der Waals surface area contributed by atoms with Crippen molar-refractivity contribution in [3.63, 3.8) is 0 Å². The number of nitrogens with zero attached hydrogens (tertiary/aromatic N) is 1. The molecule has 0 radical (unpaired) electrons. The minimum Gasteiger partial charge on any atom is -0.349 e. The Morgan fingerprint density at radius 1 is 1.26 bits per heavy atom. The molecule has 0 fully saturated rings. The first kappa shape index (κ1) is 13.8. The molecule has 0 unspecified atom stereocenters. The van der Waals surface area contributed by atoms with Crippen LogP contribution in [0.15, 0.2) is 41.6 Å². The van der Waals surface area contributed by atoms with Gasteiger partial charge in [0.1, 0.15) is 5.82 Å². The summed E-state index contributed by atoms with van der Waals surface area (Å²) in [5.41, 5.74) is 1.12. The summed E-state index contributed by atoms with van der Waals surface area (Å²) in [5.74, 6) is 0.768. The Bertz CT molecular complexity index is 604. The van der Waals surface area contributed by atoms with Crippen LogP contribution >= 0.6 is 0 Å². The molecule has 102 valence electrons. The summed E-state index contributed by atoms with van der Waals surface area (Å²) in [6, 6.07) is 6.93. The van der Waals surface area contributed by atoms with E-state index in [9.17, 15) is 8.42 Å². The van der Waals surface area contributed by atoms with Gasteiger partial charge in [-0.05, 0) is 24.1 Å². The molecule has 2 N–H and O–H groups in total. The minimum absolute atomic E-state index is 0.296. The molecule has 0 spiro atoms. The van der Waals surface area contributed by atoms with Crippen LogP contribution in [0, 0.1) is 0 Å². The maximum Gasteiger partial charge on any atom is 0.240 e. The van der Waals surface area contributed by atoms with Crippen molar-refractivity contribution < 1.29 is 8.42 Å². The highest BCUT2D eigenvalue weighted by Gasteiger charge is 2.13. The van der Waals surface area contributed by atoms with E-state index in [0.717, 1.165) is 17.8 Å². The van der Waals surface area contributed by atoms with E-state index in [1.54, 1.807) is 24.5 Å². The lowest BCUT2D eigenvalue weighted by Gasteiger charge is -2.06. The Labute approximate surface area is 113 Å². The molecule has 1 heterocycles. The molecule has 19 heavy (non-hydrogen) atoms. The number of aryl methyl sites for hydroxylation is 1. The molecule has 0 aliphatic carbocycles. The molecule has 6 heteroatoms. The molecule has 1 aromatic carbocycles. The Morgan fingerprint density at radius 3 is 2.58 bits per heavy atom. The number of aromatic amines is 1. The SMILES string of the molecule is CCc1ccc(S(=O)(=O)NCCc2ncc[nH]2)cc1. The van der Waals surface area contributed by atoms with E-state index in [0.29, 0.717) is 17.9 Å². The molecule has 0 saturated carbocycles. The van der Waals surface area contributed by atoms with Crippen LogP contribution in [0.1, 0.15) is 18.3 Å². The normalized spacial score (nSPS) is 11.6. The summed E-state index contributed by atoms with van der Waals surface area (Å²) in [5, 5.41) is 0. The monoisotopic (exact) mass is 279 g/mol. The van der Waals surface area contributed by atoms with Gasteiger partial charge in [-0.3, -0.25) is 0 Å². The predicted octanol–water partition coefficient (Wildman–Crippen LogP) is 1.49. The van der Waals surface area contributed by atoms with Crippen molar-refractivity contribution in [1.29, 1.82) is 0 Å². The van der Waals surface area contributed by atoms with Crippen LogP contribution in [0.5, 0.6) is 0 Å². The molecule has 2 rings (SSSR count). The smallest absolute Gasteiger partial charge is 0.240 e. The Balaban J connectivity index is 1.97. The van der Waals surface area contributed by atoms with Crippen molar-refractivity contribution in [2.24, 2.45) is 0 Å². The Kier molecular flexibility index (Phi) is 4.34. The van der Waals surface area contributed by atoms with Gasteiger partial charge in [-0.2, -0.15) is 0 Å². The highest BCUT2D eigenvalue weighted by molar-refractivity contribution is 7.89. The lowest BCUT2D eigenvalue weighted by Crippen LogP contribution is -2.26. The van der Waals surface area contributed by atoms with Crippen LogP contribution in [0.25, 0.3) is 0 Å². The van der Waals surface area contributed by atoms with E-state index in [-0.39, 0.29) is 0 Å². The van der Waals surface area contributed by atoms with Crippen LogP contribution in [-0.2, 0) is 22.9 Å². The second-order valence-electron chi connectivity index (χ2n) is 4.18. The topological polar surface area (TPSA) is 74.8 Å². The van der Waals surface area contributed by atoms with Gasteiger partial charge in [-0.25, -0.2) is 18.1 Å². The summed E-state index contributed by atoms with van der Waals surface area (Å²) < 4.78 is 26.6. The third kappa shape index (κ3) is 3.65. The fourth-order valence-electron chi connectivity index (χ4n) is 1.73. The highest BCUT2D eigenvalue weighted by atomic mass is 32.2. The van der Waals surface area contributed by atoms with E-state index in [4.69, 9.17) is 0 Å². The first-order valence-electron chi connectivity index (χ1n) is 6.18. The van der Waals surface area contributed by atoms with Crippen molar-refractivity contribution in [2.75, 3.05) is 6.54 Å². The van der Waals surface area contributed by atoms with Crippen LogP contribution in [0.4, 0.5) is 0 Å². The highest BCUT2D eigenvalue weighted by Crippen LogP contribution is 2.10. The summed E-state index contributed by atoms with van der Waals surface area (Å²) in [6.45, 7) is 2.36. The van der Waals surface area contributed by atoms with Gasteiger partial charge in [0.05, 0.1) is 4.90 Å². The molecule has 0 aliphatic heterocycles. The van der Waals surface area contributed by atoms with E-state index < -0.39 is 10.0 Å². The Morgan fingerprint density at radius 2 is 2.00 bits per heavy atom. The number of aromatic nitrogens is 2. The zero-order valence-electron chi connectivity index (χ0n) is 10.8. The second kappa shape index (κ2) is 5.99. The zero-order valence-corrected chi connectivity index (χ0v) is 11.6. The zero-order chi connectivity index (χ0) is 13.7. The molecule has 0 bridgehead atoms. The second-order valence-corrected chi connectivity index (χ2v) is 5.95. The third-order valence-corrected chi connectivity index (χ3v) is 4.33. The number of H-pyrrole nitrogens is 1. The number of imidazole rings is 1. The number of nitrogens with one attached hydrogen (secondary N) is 2. The molecular weight excluding hydrogens is 262 g/mol. The van der Waals surface area contributed by atoms with E-state index in [1.807, 2.05) is 19.1 Å². The van der Waals surface area contributed by atoms with Gasteiger partial charge in [-0.15, -0.1) is 0 Å². The first-order valence-corrected chi connectivity index (χ1v) is 7.67. The van der Waals surface area contributed by atoms with Gasteiger partial charge in [-0.1, -0.05) is 19.1 Å². The van der Waals surface area contributed by atoms with Gasteiger partial charge < -0.3 is 4.98 Å². The van der Waals surface area contributed by atoms with Crippen molar-refractivity contribution in [3.05, 3.63) is 48.0 Å². The fraction of sp³-hybridized carbons (Fsp3) is 0.308. The predicted molar refractivity (Wildman–Crippen MR) is 73.3 cm³/mol. The summed E-state index contributed by atoms with van der Waals surface area (Å²) in [7, 11) is -3.43. The lowest BCUT2D eigenvalue weighted by molar-refractivity contribution is 0.581.